The molecule has 1 amide bonds. The van der Waals surface area contributed by atoms with Gasteiger partial charge >= 0.3 is 0 Å². The molecular weight excluding hydrogens is 458 g/mol. The lowest BCUT2D eigenvalue weighted by Gasteiger charge is -2.18. The molecule has 0 bridgehead atoms. The van der Waals surface area contributed by atoms with Gasteiger partial charge in [0.05, 0.1) is 28.5 Å². The SMILES string of the molecule is CC(=Nn1c(-c2ccc3c(c2)NC(=O)CO3)csc1=Nc1ccc(C(C)C)cc1)c1ccccn1. The van der Waals surface area contributed by atoms with Crippen LogP contribution in [-0.2, 0) is 4.79 Å². The maximum atomic E-state index is 11.8. The zero-order valence-corrected chi connectivity index (χ0v) is 20.5. The molecule has 2 aromatic carbocycles. The first-order chi connectivity index (χ1) is 17.0. The number of nitrogens with zero attached hydrogens (tertiary/aromatic N) is 4. The van der Waals surface area contributed by atoms with Crippen molar-refractivity contribution in [2.24, 2.45) is 10.1 Å². The van der Waals surface area contributed by atoms with Crippen LogP contribution in [0.15, 0.2) is 82.3 Å². The first-order valence-corrected chi connectivity index (χ1v) is 12.2. The van der Waals surface area contributed by atoms with E-state index >= 15 is 0 Å². The van der Waals surface area contributed by atoms with E-state index in [1.165, 1.54) is 16.9 Å². The van der Waals surface area contributed by atoms with Gasteiger partial charge in [0.25, 0.3) is 5.91 Å². The molecule has 0 aliphatic carbocycles. The van der Waals surface area contributed by atoms with Crippen molar-refractivity contribution >= 4 is 34.3 Å². The van der Waals surface area contributed by atoms with Crippen LogP contribution in [0.2, 0.25) is 0 Å². The fourth-order valence-electron chi connectivity index (χ4n) is 3.74. The van der Waals surface area contributed by atoms with Gasteiger partial charge in [-0.15, -0.1) is 11.3 Å². The van der Waals surface area contributed by atoms with E-state index in [0.29, 0.717) is 17.4 Å². The number of pyridine rings is 1. The van der Waals surface area contributed by atoms with Gasteiger partial charge in [0.15, 0.2) is 6.61 Å². The van der Waals surface area contributed by atoms with Gasteiger partial charge in [-0.25, -0.2) is 9.67 Å². The summed E-state index contributed by atoms with van der Waals surface area (Å²) in [6.45, 7) is 6.30. The van der Waals surface area contributed by atoms with Crippen LogP contribution in [0.3, 0.4) is 0 Å². The summed E-state index contributed by atoms with van der Waals surface area (Å²) in [6, 6.07) is 19.7. The smallest absolute Gasteiger partial charge is 0.262 e. The number of carbonyl (C=O) groups is 1. The minimum atomic E-state index is -0.169. The van der Waals surface area contributed by atoms with Crippen molar-refractivity contribution in [2.75, 3.05) is 11.9 Å². The lowest BCUT2D eigenvalue weighted by molar-refractivity contribution is -0.118. The molecule has 1 N–H and O–H groups in total. The van der Waals surface area contributed by atoms with E-state index in [-0.39, 0.29) is 12.5 Å². The zero-order chi connectivity index (χ0) is 24.4. The van der Waals surface area contributed by atoms with Gasteiger partial charge in [0.1, 0.15) is 5.75 Å². The highest BCUT2D eigenvalue weighted by atomic mass is 32.1. The van der Waals surface area contributed by atoms with Crippen molar-refractivity contribution in [3.8, 4) is 17.0 Å². The maximum Gasteiger partial charge on any atom is 0.262 e. The molecule has 0 saturated carbocycles. The van der Waals surface area contributed by atoms with Crippen LogP contribution in [0, 0.1) is 0 Å². The third kappa shape index (κ3) is 4.93. The molecule has 1 aliphatic heterocycles. The molecule has 4 aromatic rings. The molecule has 7 nitrogen and oxygen atoms in total. The number of thiazole rings is 1. The summed E-state index contributed by atoms with van der Waals surface area (Å²) >= 11 is 1.50. The van der Waals surface area contributed by atoms with Gasteiger partial charge in [0, 0.05) is 17.1 Å². The molecule has 8 heteroatoms. The van der Waals surface area contributed by atoms with Gasteiger partial charge in [-0.05, 0) is 60.9 Å². The number of nitrogens with one attached hydrogen (secondary N) is 1. The monoisotopic (exact) mass is 483 g/mol. The fourth-order valence-corrected chi connectivity index (χ4v) is 4.59. The number of carbonyl (C=O) groups excluding carboxylic acids is 1. The number of anilines is 1. The Morgan fingerprint density at radius 3 is 2.71 bits per heavy atom. The van der Waals surface area contributed by atoms with Crippen LogP contribution in [0.25, 0.3) is 11.3 Å². The molecule has 0 radical (unpaired) electrons. The topological polar surface area (TPSA) is 80.9 Å². The molecular formula is C27H25N5O2S. The van der Waals surface area contributed by atoms with Crippen LogP contribution in [0.1, 0.15) is 37.9 Å². The molecule has 0 saturated heterocycles. The summed E-state index contributed by atoms with van der Waals surface area (Å²) in [5.41, 5.74) is 6.06. The van der Waals surface area contributed by atoms with Crippen molar-refractivity contribution in [3.05, 3.63) is 88.3 Å². The van der Waals surface area contributed by atoms with Gasteiger partial charge in [-0.2, -0.15) is 5.10 Å². The largest absolute Gasteiger partial charge is 0.482 e. The lowest BCUT2D eigenvalue weighted by Crippen LogP contribution is -2.25. The number of ether oxygens (including phenoxy) is 1. The van der Waals surface area contributed by atoms with Gasteiger partial charge < -0.3 is 10.1 Å². The number of rotatable bonds is 5. The van der Waals surface area contributed by atoms with E-state index in [0.717, 1.165) is 33.2 Å². The summed E-state index contributed by atoms with van der Waals surface area (Å²) in [4.78, 5) is 21.9. The number of fused-ring (bicyclic) bond motifs is 1. The van der Waals surface area contributed by atoms with E-state index in [4.69, 9.17) is 14.8 Å². The number of benzene rings is 2. The van der Waals surface area contributed by atoms with E-state index in [1.54, 1.807) is 6.20 Å². The minimum Gasteiger partial charge on any atom is -0.482 e. The van der Waals surface area contributed by atoms with Crippen molar-refractivity contribution in [3.63, 3.8) is 0 Å². The predicted octanol–water partition coefficient (Wildman–Crippen LogP) is 5.57. The summed E-state index contributed by atoms with van der Waals surface area (Å²) < 4.78 is 7.35. The number of amides is 1. The molecule has 0 fully saturated rings. The fraction of sp³-hybridized carbons (Fsp3) is 0.185. The molecule has 0 atom stereocenters. The second-order valence-corrected chi connectivity index (χ2v) is 9.36. The van der Waals surface area contributed by atoms with Crippen molar-refractivity contribution in [1.82, 2.24) is 9.66 Å². The highest BCUT2D eigenvalue weighted by Crippen LogP contribution is 2.33. The first kappa shape index (κ1) is 22.7. The summed E-state index contributed by atoms with van der Waals surface area (Å²) in [5, 5.41) is 9.80. The second kappa shape index (κ2) is 9.68. The van der Waals surface area contributed by atoms with Crippen LogP contribution >= 0.6 is 11.3 Å². The van der Waals surface area contributed by atoms with Crippen LogP contribution < -0.4 is 14.9 Å². The van der Waals surface area contributed by atoms with Crippen LogP contribution in [-0.4, -0.2) is 27.9 Å². The third-order valence-electron chi connectivity index (χ3n) is 5.66. The Balaban J connectivity index is 1.63. The highest BCUT2D eigenvalue weighted by molar-refractivity contribution is 7.07. The molecule has 176 valence electrons. The average molecular weight is 484 g/mol. The van der Waals surface area contributed by atoms with Crippen molar-refractivity contribution < 1.29 is 9.53 Å². The zero-order valence-electron chi connectivity index (χ0n) is 19.7. The highest BCUT2D eigenvalue weighted by Gasteiger charge is 2.18. The van der Waals surface area contributed by atoms with E-state index in [1.807, 2.05) is 65.5 Å². The normalized spacial score (nSPS) is 14.0. The molecule has 0 spiro atoms. The van der Waals surface area contributed by atoms with Gasteiger partial charge in [-0.1, -0.05) is 32.0 Å². The molecule has 35 heavy (non-hydrogen) atoms. The standard InChI is InChI=1S/C27H25N5O2S/c1-17(2)19-7-10-21(11-8-19)29-27-32(31-18(3)22-6-4-5-13-28-22)24(16-35-27)20-9-12-25-23(14-20)30-26(33)15-34-25/h4-14,16-17H,15H2,1-3H3,(H,30,33). The Labute approximate surface area is 207 Å². The molecule has 2 aromatic heterocycles. The van der Waals surface area contributed by atoms with Crippen LogP contribution in [0.4, 0.5) is 11.4 Å². The van der Waals surface area contributed by atoms with Crippen LogP contribution in [0.5, 0.6) is 5.75 Å². The molecule has 5 rings (SSSR count). The maximum absolute atomic E-state index is 11.8. The Kier molecular flexibility index (Phi) is 6.29. The summed E-state index contributed by atoms with van der Waals surface area (Å²) in [7, 11) is 0. The second-order valence-electron chi connectivity index (χ2n) is 8.52. The summed E-state index contributed by atoms with van der Waals surface area (Å²) in [6.07, 6.45) is 1.75. The van der Waals surface area contributed by atoms with Gasteiger partial charge in [-0.3, -0.25) is 9.78 Å². The van der Waals surface area contributed by atoms with Gasteiger partial charge in [0.2, 0.25) is 4.80 Å². The van der Waals surface area contributed by atoms with E-state index in [9.17, 15) is 4.79 Å². The quantitative estimate of drug-likeness (QED) is 0.377. The van der Waals surface area contributed by atoms with E-state index in [2.05, 4.69) is 36.3 Å². The van der Waals surface area contributed by atoms with Crippen molar-refractivity contribution in [2.45, 2.75) is 26.7 Å². The Morgan fingerprint density at radius 1 is 1.14 bits per heavy atom. The van der Waals surface area contributed by atoms with E-state index < -0.39 is 0 Å². The molecule has 3 heterocycles. The molecule has 1 aliphatic rings. The Bertz CT molecular complexity index is 1470. The number of aromatic nitrogens is 2. The number of hydrogen-bond donors (Lipinski definition) is 1. The summed E-state index contributed by atoms with van der Waals surface area (Å²) in [5.74, 6) is 0.942. The number of hydrogen-bond acceptors (Lipinski definition) is 6. The first-order valence-electron chi connectivity index (χ1n) is 11.4. The molecule has 0 unspecified atom stereocenters. The predicted molar refractivity (Wildman–Crippen MR) is 139 cm³/mol. The lowest BCUT2D eigenvalue weighted by atomic mass is 10.0. The third-order valence-corrected chi connectivity index (χ3v) is 6.48. The minimum absolute atomic E-state index is 0.0248. The Morgan fingerprint density at radius 2 is 1.97 bits per heavy atom. The average Bonchev–Trinajstić information content (AvgIpc) is 3.26. The Hall–Kier alpha value is -4.04. The van der Waals surface area contributed by atoms with Crippen molar-refractivity contribution in [1.29, 1.82) is 0 Å².